The molecule has 14 heavy (non-hydrogen) atoms. The van der Waals surface area contributed by atoms with Crippen molar-refractivity contribution in [3.05, 3.63) is 0 Å². The first-order valence-corrected chi connectivity index (χ1v) is 5.36. The maximum absolute atomic E-state index is 11.6. The zero-order valence-electron chi connectivity index (χ0n) is 8.53. The number of fused-ring (bicyclic) bond motifs is 2. The fourth-order valence-electron chi connectivity index (χ4n) is 2.22. The number of amides is 1. The first-order valence-electron chi connectivity index (χ1n) is 5.36. The first-order chi connectivity index (χ1) is 6.70. The monoisotopic (exact) mass is 198 g/mol. The Bertz CT molecular complexity index is 232. The van der Waals surface area contributed by atoms with Crippen molar-refractivity contribution in [2.24, 2.45) is 11.7 Å². The van der Waals surface area contributed by atoms with E-state index in [1.165, 1.54) is 0 Å². The molecule has 0 saturated carbocycles. The van der Waals surface area contributed by atoms with Gasteiger partial charge >= 0.3 is 0 Å². The Morgan fingerprint density at radius 2 is 2.43 bits per heavy atom. The average Bonchev–Trinajstić information content (AvgIpc) is 2.77. The lowest BCUT2D eigenvalue weighted by Gasteiger charge is -2.21. The molecule has 80 valence electrons. The van der Waals surface area contributed by atoms with Crippen LogP contribution in [-0.4, -0.2) is 30.7 Å². The quantitative estimate of drug-likeness (QED) is 0.672. The number of ether oxygens (including phenoxy) is 1. The van der Waals surface area contributed by atoms with E-state index < -0.39 is 0 Å². The standard InChI is InChI=1S/C10H18N2O2/c1-6(5-11)10(13)12-8-4-7-2-3-9(8)14-7/h6-9H,2-5,11H2,1H3,(H,12,13). The van der Waals surface area contributed by atoms with Gasteiger partial charge in [-0.05, 0) is 19.3 Å². The number of carbonyl (C=O) groups excluding carboxylic acids is 1. The second kappa shape index (κ2) is 3.87. The van der Waals surface area contributed by atoms with E-state index in [4.69, 9.17) is 10.5 Å². The minimum Gasteiger partial charge on any atom is -0.373 e. The first kappa shape index (κ1) is 9.93. The molecule has 1 amide bonds. The van der Waals surface area contributed by atoms with Crippen molar-refractivity contribution in [1.29, 1.82) is 0 Å². The van der Waals surface area contributed by atoms with Crippen molar-refractivity contribution in [2.45, 2.75) is 44.4 Å². The fraction of sp³-hybridized carbons (Fsp3) is 0.900. The van der Waals surface area contributed by atoms with Gasteiger partial charge in [-0.2, -0.15) is 0 Å². The summed E-state index contributed by atoms with van der Waals surface area (Å²) >= 11 is 0. The Morgan fingerprint density at radius 3 is 2.93 bits per heavy atom. The van der Waals surface area contributed by atoms with E-state index in [0.717, 1.165) is 19.3 Å². The minimum atomic E-state index is -0.0888. The molecular formula is C10H18N2O2. The van der Waals surface area contributed by atoms with Crippen LogP contribution in [0.5, 0.6) is 0 Å². The predicted molar refractivity (Wildman–Crippen MR) is 52.7 cm³/mol. The Balaban J connectivity index is 1.84. The Morgan fingerprint density at radius 1 is 1.64 bits per heavy atom. The van der Waals surface area contributed by atoms with E-state index in [-0.39, 0.29) is 24.0 Å². The topological polar surface area (TPSA) is 64.4 Å². The summed E-state index contributed by atoms with van der Waals surface area (Å²) in [6.07, 6.45) is 3.87. The Hall–Kier alpha value is -0.610. The van der Waals surface area contributed by atoms with E-state index >= 15 is 0 Å². The molecular weight excluding hydrogens is 180 g/mol. The maximum Gasteiger partial charge on any atom is 0.224 e. The zero-order chi connectivity index (χ0) is 10.1. The second-order valence-electron chi connectivity index (χ2n) is 4.36. The van der Waals surface area contributed by atoms with Crippen molar-refractivity contribution in [3.63, 3.8) is 0 Å². The number of nitrogens with one attached hydrogen (secondary N) is 1. The van der Waals surface area contributed by atoms with Gasteiger partial charge in [0.2, 0.25) is 5.91 Å². The van der Waals surface area contributed by atoms with Crippen molar-refractivity contribution in [1.82, 2.24) is 5.32 Å². The summed E-state index contributed by atoms with van der Waals surface area (Å²) in [5.41, 5.74) is 5.43. The molecule has 2 aliphatic rings. The molecule has 0 aromatic carbocycles. The third kappa shape index (κ3) is 1.77. The van der Waals surface area contributed by atoms with Crippen molar-refractivity contribution >= 4 is 5.91 Å². The van der Waals surface area contributed by atoms with Gasteiger partial charge in [0.25, 0.3) is 0 Å². The van der Waals surface area contributed by atoms with Gasteiger partial charge in [0.1, 0.15) is 0 Å². The van der Waals surface area contributed by atoms with Crippen LogP contribution in [0.1, 0.15) is 26.2 Å². The zero-order valence-corrected chi connectivity index (χ0v) is 8.53. The van der Waals surface area contributed by atoms with Crippen molar-refractivity contribution in [3.8, 4) is 0 Å². The van der Waals surface area contributed by atoms with Crippen molar-refractivity contribution in [2.75, 3.05) is 6.54 Å². The van der Waals surface area contributed by atoms with E-state index in [0.29, 0.717) is 12.6 Å². The van der Waals surface area contributed by atoms with Crippen molar-refractivity contribution < 1.29 is 9.53 Å². The van der Waals surface area contributed by atoms with Crippen LogP contribution in [0.2, 0.25) is 0 Å². The van der Waals surface area contributed by atoms with Gasteiger partial charge in [-0.1, -0.05) is 6.92 Å². The van der Waals surface area contributed by atoms with Crippen LogP contribution >= 0.6 is 0 Å². The van der Waals surface area contributed by atoms with E-state index in [1.807, 2.05) is 6.92 Å². The third-order valence-corrected chi connectivity index (χ3v) is 3.23. The number of carbonyl (C=O) groups is 1. The molecule has 0 aromatic rings. The summed E-state index contributed by atoms with van der Waals surface area (Å²) in [6.45, 7) is 2.26. The van der Waals surface area contributed by atoms with Crippen LogP contribution in [0.3, 0.4) is 0 Å². The number of rotatable bonds is 3. The second-order valence-corrected chi connectivity index (χ2v) is 4.36. The minimum absolute atomic E-state index is 0.0636. The molecule has 2 aliphatic heterocycles. The van der Waals surface area contributed by atoms with Crippen LogP contribution < -0.4 is 11.1 Å². The average molecular weight is 198 g/mol. The molecule has 0 spiro atoms. The highest BCUT2D eigenvalue weighted by molar-refractivity contribution is 5.78. The smallest absolute Gasteiger partial charge is 0.224 e. The van der Waals surface area contributed by atoms with Gasteiger partial charge in [0.15, 0.2) is 0 Å². The summed E-state index contributed by atoms with van der Waals surface area (Å²) < 4.78 is 5.65. The van der Waals surface area contributed by atoms with Gasteiger partial charge < -0.3 is 15.8 Å². The highest BCUT2D eigenvalue weighted by Gasteiger charge is 2.41. The Kier molecular flexibility index (Phi) is 2.74. The number of hydrogen-bond acceptors (Lipinski definition) is 3. The maximum atomic E-state index is 11.6. The molecule has 4 atom stereocenters. The lowest BCUT2D eigenvalue weighted by molar-refractivity contribution is -0.125. The largest absolute Gasteiger partial charge is 0.373 e. The molecule has 2 heterocycles. The van der Waals surface area contributed by atoms with Gasteiger partial charge in [-0.15, -0.1) is 0 Å². The Labute approximate surface area is 84.2 Å². The van der Waals surface area contributed by atoms with Gasteiger partial charge in [-0.25, -0.2) is 0 Å². The normalized spacial score (nSPS) is 37.1. The summed E-state index contributed by atoms with van der Waals surface area (Å²) in [4.78, 5) is 11.6. The third-order valence-electron chi connectivity index (χ3n) is 3.23. The van der Waals surface area contributed by atoms with Crippen LogP contribution in [0.4, 0.5) is 0 Å². The SMILES string of the molecule is CC(CN)C(=O)NC1CC2CCC1O2. The van der Waals surface area contributed by atoms with E-state index in [9.17, 15) is 4.79 Å². The van der Waals surface area contributed by atoms with Gasteiger partial charge in [0.05, 0.1) is 18.2 Å². The highest BCUT2D eigenvalue weighted by atomic mass is 16.5. The predicted octanol–water partition coefficient (Wildman–Crippen LogP) is 0.0173. The molecule has 4 heteroatoms. The lowest BCUT2D eigenvalue weighted by Crippen LogP contribution is -2.44. The van der Waals surface area contributed by atoms with Crippen LogP contribution in [0.25, 0.3) is 0 Å². The molecule has 0 radical (unpaired) electrons. The molecule has 4 unspecified atom stereocenters. The van der Waals surface area contributed by atoms with Crippen LogP contribution in [0, 0.1) is 5.92 Å². The summed E-state index contributed by atoms with van der Waals surface area (Å²) in [5, 5.41) is 3.02. The lowest BCUT2D eigenvalue weighted by atomic mass is 9.95. The highest BCUT2D eigenvalue weighted by Crippen LogP contribution is 2.34. The van der Waals surface area contributed by atoms with Crippen LogP contribution in [0.15, 0.2) is 0 Å². The van der Waals surface area contributed by atoms with Gasteiger partial charge in [0, 0.05) is 12.5 Å². The summed E-state index contributed by atoms with van der Waals surface area (Å²) in [6, 6.07) is 0.232. The number of hydrogen-bond donors (Lipinski definition) is 2. The molecule has 2 rings (SSSR count). The molecule has 2 saturated heterocycles. The molecule has 0 aliphatic carbocycles. The van der Waals surface area contributed by atoms with Crippen LogP contribution in [-0.2, 0) is 9.53 Å². The number of nitrogens with two attached hydrogens (primary N) is 1. The van der Waals surface area contributed by atoms with E-state index in [2.05, 4.69) is 5.32 Å². The van der Waals surface area contributed by atoms with Gasteiger partial charge in [-0.3, -0.25) is 4.79 Å². The molecule has 4 nitrogen and oxygen atoms in total. The molecule has 3 N–H and O–H groups in total. The fourth-order valence-corrected chi connectivity index (χ4v) is 2.22. The summed E-state index contributed by atoms with van der Waals surface area (Å²) in [7, 11) is 0. The van der Waals surface area contributed by atoms with E-state index in [1.54, 1.807) is 0 Å². The molecule has 2 fully saturated rings. The molecule has 2 bridgehead atoms. The summed E-state index contributed by atoms with van der Waals surface area (Å²) in [5.74, 6) is -0.0252. The molecule has 0 aromatic heterocycles.